The van der Waals surface area contributed by atoms with Gasteiger partial charge in [-0.2, -0.15) is 0 Å². The van der Waals surface area contributed by atoms with Gasteiger partial charge in [-0.15, -0.1) is 11.3 Å². The predicted octanol–water partition coefficient (Wildman–Crippen LogP) is 3.24. The van der Waals surface area contributed by atoms with Crippen LogP contribution < -0.4 is 0 Å². The highest BCUT2D eigenvalue weighted by Crippen LogP contribution is 2.40. The van der Waals surface area contributed by atoms with Crippen molar-refractivity contribution in [2.24, 2.45) is 5.41 Å². The lowest BCUT2D eigenvalue weighted by Crippen LogP contribution is -2.44. The maximum Gasteiger partial charge on any atom is 0.138 e. The maximum absolute atomic E-state index is 5.34. The topological polar surface area (TPSA) is 45.4 Å². The fourth-order valence-electron chi connectivity index (χ4n) is 4.41. The van der Waals surface area contributed by atoms with Crippen molar-refractivity contribution in [2.75, 3.05) is 26.2 Å². The number of aromatic nitrogens is 2. The predicted molar refractivity (Wildman–Crippen MR) is 94.9 cm³/mol. The molecule has 2 aromatic heterocycles. The first-order chi connectivity index (χ1) is 11.6. The number of rotatable bonds is 4. The van der Waals surface area contributed by atoms with Crippen LogP contribution in [0, 0.1) is 19.3 Å². The van der Waals surface area contributed by atoms with Gasteiger partial charge in [-0.25, -0.2) is 4.98 Å². The quantitative estimate of drug-likeness (QED) is 0.850. The second kappa shape index (κ2) is 6.58. The smallest absolute Gasteiger partial charge is 0.138 e. The summed E-state index contributed by atoms with van der Waals surface area (Å²) in [6.07, 6.45) is 5.89. The second-order valence-corrected chi connectivity index (χ2v) is 8.48. The first-order valence-electron chi connectivity index (χ1n) is 8.88. The number of hydrogen-bond acceptors (Lipinski definition) is 6. The van der Waals surface area contributed by atoms with Crippen LogP contribution in [0.2, 0.25) is 0 Å². The summed E-state index contributed by atoms with van der Waals surface area (Å²) in [6, 6.07) is 0. The zero-order valence-electron chi connectivity index (χ0n) is 14.6. The van der Waals surface area contributed by atoms with Crippen molar-refractivity contribution in [3.63, 3.8) is 0 Å². The van der Waals surface area contributed by atoms with Gasteiger partial charge in [-0.1, -0.05) is 5.16 Å². The van der Waals surface area contributed by atoms with Gasteiger partial charge in [0, 0.05) is 36.8 Å². The Morgan fingerprint density at radius 3 is 2.71 bits per heavy atom. The Kier molecular flexibility index (Phi) is 4.45. The Hall–Kier alpha value is -1.24. The summed E-state index contributed by atoms with van der Waals surface area (Å²) in [5.41, 5.74) is 2.79. The van der Waals surface area contributed by atoms with Crippen LogP contribution in [0.5, 0.6) is 0 Å². The van der Waals surface area contributed by atoms with Crippen molar-refractivity contribution in [1.82, 2.24) is 19.9 Å². The Bertz CT molecular complexity index is 664. The van der Waals surface area contributed by atoms with Crippen molar-refractivity contribution < 1.29 is 4.52 Å². The van der Waals surface area contributed by atoms with E-state index in [1.54, 1.807) is 11.3 Å². The Balaban J connectivity index is 1.39. The normalized spacial score (nSPS) is 25.8. The van der Waals surface area contributed by atoms with Crippen LogP contribution in [0.25, 0.3) is 0 Å². The summed E-state index contributed by atoms with van der Waals surface area (Å²) in [7, 11) is 0. The van der Waals surface area contributed by atoms with E-state index in [9.17, 15) is 0 Å². The van der Waals surface area contributed by atoms with E-state index in [-0.39, 0.29) is 0 Å². The number of nitrogens with zero attached hydrogens (tertiary/aromatic N) is 4. The van der Waals surface area contributed by atoms with E-state index in [1.165, 1.54) is 56.0 Å². The molecule has 2 aliphatic rings. The lowest BCUT2D eigenvalue weighted by Gasteiger charge is -2.40. The molecule has 4 heterocycles. The van der Waals surface area contributed by atoms with Gasteiger partial charge in [0.05, 0.1) is 12.2 Å². The van der Waals surface area contributed by atoms with E-state index in [1.807, 2.05) is 13.1 Å². The van der Waals surface area contributed by atoms with Crippen LogP contribution in [0.4, 0.5) is 0 Å². The van der Waals surface area contributed by atoms with Crippen LogP contribution in [0.1, 0.15) is 41.3 Å². The molecule has 0 N–H and O–H groups in total. The van der Waals surface area contributed by atoms with E-state index in [4.69, 9.17) is 4.52 Å². The van der Waals surface area contributed by atoms with E-state index in [0.717, 1.165) is 24.5 Å². The average Bonchev–Trinajstić information content (AvgIpc) is 3.27. The summed E-state index contributed by atoms with van der Waals surface area (Å²) < 4.78 is 5.34. The molecule has 0 bridgehead atoms. The molecule has 2 aliphatic heterocycles. The fourth-order valence-corrected chi connectivity index (χ4v) is 5.07. The third kappa shape index (κ3) is 3.27. The molecule has 1 unspecified atom stereocenters. The highest BCUT2D eigenvalue weighted by Gasteiger charge is 2.41. The van der Waals surface area contributed by atoms with Gasteiger partial charge in [0.25, 0.3) is 0 Å². The minimum atomic E-state index is 0.467. The largest absolute Gasteiger partial charge is 0.361 e. The van der Waals surface area contributed by atoms with Crippen molar-refractivity contribution in [3.8, 4) is 0 Å². The van der Waals surface area contributed by atoms with Crippen molar-refractivity contribution in [2.45, 2.75) is 46.2 Å². The molecule has 1 atom stereocenters. The van der Waals surface area contributed by atoms with Crippen LogP contribution in [-0.2, 0) is 13.1 Å². The van der Waals surface area contributed by atoms with E-state index < -0.39 is 0 Å². The van der Waals surface area contributed by atoms with Gasteiger partial charge in [0.15, 0.2) is 0 Å². The van der Waals surface area contributed by atoms with Crippen molar-refractivity contribution >= 4 is 11.3 Å². The molecular formula is C18H26N4OS. The number of piperidine rings is 1. The van der Waals surface area contributed by atoms with E-state index in [2.05, 4.69) is 32.2 Å². The molecule has 1 spiro atoms. The molecule has 0 amide bonds. The summed E-state index contributed by atoms with van der Waals surface area (Å²) in [4.78, 5) is 9.66. The van der Waals surface area contributed by atoms with Crippen LogP contribution in [-0.4, -0.2) is 46.1 Å². The summed E-state index contributed by atoms with van der Waals surface area (Å²) in [5, 5.41) is 7.43. The van der Waals surface area contributed by atoms with Crippen LogP contribution >= 0.6 is 11.3 Å². The number of aryl methyl sites for hydroxylation is 2. The van der Waals surface area contributed by atoms with Gasteiger partial charge in [0.2, 0.25) is 0 Å². The molecular weight excluding hydrogens is 320 g/mol. The Labute approximate surface area is 147 Å². The van der Waals surface area contributed by atoms with Gasteiger partial charge in [-0.3, -0.25) is 9.80 Å². The van der Waals surface area contributed by atoms with Gasteiger partial charge >= 0.3 is 0 Å². The number of hydrogen-bond donors (Lipinski definition) is 0. The molecule has 2 saturated heterocycles. The molecule has 6 heteroatoms. The fraction of sp³-hybridized carbons (Fsp3) is 0.667. The third-order valence-electron chi connectivity index (χ3n) is 5.66. The van der Waals surface area contributed by atoms with Crippen LogP contribution in [0.15, 0.2) is 16.1 Å². The Morgan fingerprint density at radius 2 is 2.00 bits per heavy atom. The lowest BCUT2D eigenvalue weighted by molar-refractivity contribution is 0.0861. The molecule has 24 heavy (non-hydrogen) atoms. The first-order valence-corrected chi connectivity index (χ1v) is 9.76. The van der Waals surface area contributed by atoms with Crippen molar-refractivity contribution in [1.29, 1.82) is 0 Å². The summed E-state index contributed by atoms with van der Waals surface area (Å²) >= 11 is 1.77. The Morgan fingerprint density at radius 1 is 1.17 bits per heavy atom. The zero-order chi connectivity index (χ0) is 16.6. The lowest BCUT2D eigenvalue weighted by atomic mass is 9.79. The zero-order valence-corrected chi connectivity index (χ0v) is 15.4. The molecule has 2 aromatic rings. The molecule has 4 rings (SSSR count). The molecule has 5 nitrogen and oxygen atoms in total. The maximum atomic E-state index is 5.34. The molecule has 2 fully saturated rings. The molecule has 0 radical (unpaired) electrons. The number of thiazole rings is 1. The molecule has 0 saturated carbocycles. The van der Waals surface area contributed by atoms with E-state index >= 15 is 0 Å². The average molecular weight is 346 g/mol. The number of likely N-dealkylation sites (tertiary alicyclic amines) is 2. The van der Waals surface area contributed by atoms with Gasteiger partial charge in [-0.05, 0) is 51.6 Å². The van der Waals surface area contributed by atoms with E-state index in [0.29, 0.717) is 5.41 Å². The second-order valence-electron chi connectivity index (χ2n) is 7.50. The standard InChI is InChI=1S/C18H26N4OS/c1-14-16(15(2)23-20-14)10-21-7-3-4-18(12-21)5-8-22(13-18)11-17-19-6-9-24-17/h6,9H,3-5,7-8,10-13H2,1-2H3. The molecule has 0 aliphatic carbocycles. The van der Waals surface area contributed by atoms with Crippen molar-refractivity contribution in [3.05, 3.63) is 33.6 Å². The SMILES string of the molecule is Cc1noc(C)c1CN1CCCC2(CCN(Cc3nccs3)C2)C1. The molecule has 130 valence electrons. The van der Waals surface area contributed by atoms with Gasteiger partial charge < -0.3 is 4.52 Å². The molecule has 0 aromatic carbocycles. The third-order valence-corrected chi connectivity index (χ3v) is 6.43. The highest BCUT2D eigenvalue weighted by molar-refractivity contribution is 7.09. The summed E-state index contributed by atoms with van der Waals surface area (Å²) in [5.74, 6) is 0.976. The monoisotopic (exact) mass is 346 g/mol. The first kappa shape index (κ1) is 16.2. The van der Waals surface area contributed by atoms with Gasteiger partial charge in [0.1, 0.15) is 10.8 Å². The van der Waals surface area contributed by atoms with Crippen LogP contribution in [0.3, 0.4) is 0 Å². The minimum absolute atomic E-state index is 0.467. The summed E-state index contributed by atoms with van der Waals surface area (Å²) in [6.45, 7) is 10.9. The minimum Gasteiger partial charge on any atom is -0.361 e. The highest BCUT2D eigenvalue weighted by atomic mass is 32.1.